The molecular formula is C51H80O37. The minimum Gasteiger partial charge on any atom is -0.433 e. The summed E-state index contributed by atoms with van der Waals surface area (Å²) >= 11 is 0. The van der Waals surface area contributed by atoms with Crippen molar-refractivity contribution in [2.45, 2.75) is 228 Å². The van der Waals surface area contributed by atoms with Crippen molar-refractivity contribution in [1.29, 1.82) is 0 Å². The van der Waals surface area contributed by atoms with Crippen LogP contribution in [0.15, 0.2) is 30.3 Å². The van der Waals surface area contributed by atoms with Gasteiger partial charge in [0.05, 0.1) is 52.9 Å². The van der Waals surface area contributed by atoms with Crippen molar-refractivity contribution in [3.05, 3.63) is 35.9 Å². The standard InChI is InChI=1S/C51H80O37/c1-15(57)77-47-36(70)40(27(61)20(10-55)80-47)86-50-39(73)43(30(64)23(84-50)14-76-51-44(33(67)26(60)19(9-54)82-51)74-12-16-5-3-2-4-6-16)88-48-37(71)41(28(62)21(11-56)81-48)87-49-38(72)42(85-46-35(69)32(66)25(59)18(8-53)79-46)29(63)22(83-49)13-75-45-34(68)31(65)24(58)17(7-52)78-45/h2-6,17-56,58-73H,7-14H2,1H3/t17-,18-,19-,20-,21-,22-,23-,24-,25-,26-,27-,28-,29-,30-,31+,32+,33+,34-,35-,36-,37-,38-,39-,40+,41+,42+,43+,44-,45-,46+,47-,48+,49+,50+,51-/m1/s1. The van der Waals surface area contributed by atoms with Crippen LogP contribution in [0, 0.1) is 0 Å². The van der Waals surface area contributed by atoms with E-state index in [9.17, 15) is 112 Å². The van der Waals surface area contributed by atoms with Gasteiger partial charge >= 0.3 is 5.97 Å². The summed E-state index contributed by atoms with van der Waals surface area (Å²) in [5, 5.41) is 229. The number of benzene rings is 1. The SMILES string of the molecule is CC(=O)O[C@@H]1O[C@H](CO)[C@@H](O)[C@H](O[C@@H]2O[C@H](CO[C@@H]3O[C@H](CO)[C@@H](O)[C@H](O)[C@H]3OCc3ccccc3)[C@@H](O)[C@H](O[C@@H]3O[C@H](CO)[C@@H](O)[C@H](O[C@@H]4O[C@H](CO[C@@H]5O[C@H](CO)[C@@H](O)[C@H](O)[C@H]5O)[C@@H](O)[C@H](O[C@@H]5O[C@H](CO)[C@@H](O)[C@H](O)[C@H]5O)[C@H]4O)[C@H]3O)[C@H]2O)[C@H]1O. The number of hydrogen-bond acceptors (Lipinski definition) is 37. The average molecular weight is 1290 g/mol. The van der Waals surface area contributed by atoms with Gasteiger partial charge in [0, 0.05) is 6.92 Å². The Morgan fingerprint density at radius 1 is 0.330 bits per heavy atom. The fourth-order valence-corrected chi connectivity index (χ4v) is 10.9. The molecule has 37 nitrogen and oxygen atoms in total. The third kappa shape index (κ3) is 15.6. The first-order valence-electron chi connectivity index (χ1n) is 28.1. The van der Waals surface area contributed by atoms with Crippen molar-refractivity contribution in [1.82, 2.24) is 0 Å². The first-order valence-corrected chi connectivity index (χ1v) is 28.1. The molecule has 7 fully saturated rings. The van der Waals surface area contributed by atoms with Crippen molar-refractivity contribution in [2.24, 2.45) is 0 Å². The highest BCUT2D eigenvalue weighted by Gasteiger charge is 2.58. The third-order valence-electron chi connectivity index (χ3n) is 16.0. The molecular weight excluding hydrogens is 1200 g/mol. The molecule has 0 amide bonds. The van der Waals surface area contributed by atoms with E-state index < -0.39 is 267 Å². The second kappa shape index (κ2) is 31.5. The van der Waals surface area contributed by atoms with Gasteiger partial charge in [0.15, 0.2) is 37.7 Å². The lowest BCUT2D eigenvalue weighted by atomic mass is 9.95. The first-order chi connectivity index (χ1) is 41.9. The highest BCUT2D eigenvalue weighted by Crippen LogP contribution is 2.38. The summed E-state index contributed by atoms with van der Waals surface area (Å²) in [5.41, 5.74) is 0.593. The molecule has 37 heteroatoms. The smallest absolute Gasteiger partial charge is 0.305 e. The van der Waals surface area contributed by atoms with E-state index in [1.165, 1.54) is 0 Å². The molecule has 1 aromatic carbocycles. The monoisotopic (exact) mass is 1280 g/mol. The zero-order valence-electron chi connectivity index (χ0n) is 46.7. The first kappa shape index (κ1) is 71.1. The van der Waals surface area contributed by atoms with Gasteiger partial charge < -0.3 is 178 Å². The van der Waals surface area contributed by atoms with E-state index in [1.807, 2.05) is 0 Å². The topological polar surface area (TPSA) is 580 Å². The van der Waals surface area contributed by atoms with E-state index in [2.05, 4.69) is 0 Å². The zero-order chi connectivity index (χ0) is 64.2. The van der Waals surface area contributed by atoms with Gasteiger partial charge in [-0.15, -0.1) is 0 Å². The van der Waals surface area contributed by atoms with Gasteiger partial charge in [-0.3, -0.25) is 4.79 Å². The highest BCUT2D eigenvalue weighted by atomic mass is 16.8. The van der Waals surface area contributed by atoms with Gasteiger partial charge in [-0.1, -0.05) is 30.3 Å². The lowest BCUT2D eigenvalue weighted by Gasteiger charge is -2.50. The van der Waals surface area contributed by atoms with Gasteiger partial charge in [-0.25, -0.2) is 0 Å². The maximum Gasteiger partial charge on any atom is 0.305 e. The van der Waals surface area contributed by atoms with Gasteiger partial charge in [0.2, 0.25) is 6.29 Å². The highest BCUT2D eigenvalue weighted by molar-refractivity contribution is 5.66. The molecule has 0 radical (unpaired) electrons. The molecule has 1 aromatic rings. The second-order valence-corrected chi connectivity index (χ2v) is 22.0. The molecule has 7 aliphatic heterocycles. The molecule has 88 heavy (non-hydrogen) atoms. The Hall–Kier alpha value is -2.71. The van der Waals surface area contributed by atoms with Crippen LogP contribution in [-0.4, -0.2) is 374 Å². The molecule has 0 aromatic heterocycles. The Morgan fingerprint density at radius 2 is 0.636 bits per heavy atom. The van der Waals surface area contributed by atoms with Crippen molar-refractivity contribution in [2.75, 3.05) is 46.2 Å². The van der Waals surface area contributed by atoms with E-state index in [1.54, 1.807) is 30.3 Å². The van der Waals surface area contributed by atoms with E-state index in [4.69, 9.17) is 71.1 Å². The van der Waals surface area contributed by atoms with E-state index in [0.717, 1.165) is 6.92 Å². The Bertz CT molecular complexity index is 2270. The lowest BCUT2D eigenvalue weighted by molar-refractivity contribution is -0.398. The summed E-state index contributed by atoms with van der Waals surface area (Å²) in [5.74, 6) is -1.00. The number of rotatable bonds is 23. The number of esters is 1. The van der Waals surface area contributed by atoms with Crippen LogP contribution in [0.4, 0.5) is 0 Å². The van der Waals surface area contributed by atoms with Crippen molar-refractivity contribution >= 4 is 5.97 Å². The molecule has 35 atom stereocenters. The number of carbonyl (C=O) groups is 1. The van der Waals surface area contributed by atoms with Crippen LogP contribution in [-0.2, 0) is 82.5 Å². The van der Waals surface area contributed by atoms with Crippen LogP contribution in [0.3, 0.4) is 0 Å². The predicted molar refractivity (Wildman–Crippen MR) is 270 cm³/mol. The van der Waals surface area contributed by atoms with Gasteiger partial charge in [-0.05, 0) is 5.56 Å². The van der Waals surface area contributed by atoms with Crippen LogP contribution < -0.4 is 0 Å². The molecule has 0 saturated carbocycles. The summed E-state index contributed by atoms with van der Waals surface area (Å²) in [7, 11) is 0. The van der Waals surface area contributed by atoms with Crippen molar-refractivity contribution in [3.63, 3.8) is 0 Å². The largest absolute Gasteiger partial charge is 0.433 e. The molecule has 0 aliphatic carbocycles. The number of ether oxygens (including phenoxy) is 15. The molecule has 0 bridgehead atoms. The van der Waals surface area contributed by atoms with E-state index in [0.29, 0.717) is 5.56 Å². The Balaban J connectivity index is 1.07. The number of aliphatic hydroxyl groups excluding tert-OH is 21. The molecule has 21 N–H and O–H groups in total. The molecule has 7 aliphatic rings. The normalized spacial score (nSPS) is 48.6. The minimum absolute atomic E-state index is 0.190. The molecule has 8 rings (SSSR count). The van der Waals surface area contributed by atoms with Crippen LogP contribution in [0.5, 0.6) is 0 Å². The maximum absolute atomic E-state index is 12.1. The third-order valence-corrected chi connectivity index (χ3v) is 16.0. The molecule has 7 saturated heterocycles. The van der Waals surface area contributed by atoms with Crippen LogP contribution in [0.2, 0.25) is 0 Å². The van der Waals surface area contributed by atoms with Gasteiger partial charge in [0.1, 0.15) is 171 Å². The minimum atomic E-state index is -2.42. The maximum atomic E-state index is 12.1. The Morgan fingerprint density at radius 3 is 1.05 bits per heavy atom. The molecule has 7 heterocycles. The second-order valence-electron chi connectivity index (χ2n) is 22.0. The molecule has 506 valence electrons. The number of hydrogen-bond donors (Lipinski definition) is 21. The summed E-state index contributed by atoms with van der Waals surface area (Å²) in [6, 6.07) is 8.46. The number of carbonyl (C=O) groups excluding carboxylic acids is 1. The van der Waals surface area contributed by atoms with Crippen molar-refractivity contribution < 1.29 is 183 Å². The summed E-state index contributed by atoms with van der Waals surface area (Å²) in [6.45, 7) is -5.90. The summed E-state index contributed by atoms with van der Waals surface area (Å²) in [4.78, 5) is 12.0. The molecule has 0 spiro atoms. The predicted octanol–water partition coefficient (Wildman–Crippen LogP) is -13.5. The van der Waals surface area contributed by atoms with Crippen molar-refractivity contribution in [3.8, 4) is 0 Å². The van der Waals surface area contributed by atoms with Gasteiger partial charge in [-0.2, -0.15) is 0 Å². The van der Waals surface area contributed by atoms with E-state index >= 15 is 0 Å². The van der Waals surface area contributed by atoms with Crippen LogP contribution in [0.1, 0.15) is 12.5 Å². The summed E-state index contributed by atoms with van der Waals surface area (Å²) < 4.78 is 85.6. The van der Waals surface area contributed by atoms with Crippen LogP contribution >= 0.6 is 0 Å². The Labute approximate surface area is 498 Å². The van der Waals surface area contributed by atoms with E-state index in [-0.39, 0.29) is 6.61 Å². The van der Waals surface area contributed by atoms with Crippen LogP contribution in [0.25, 0.3) is 0 Å². The van der Waals surface area contributed by atoms with Gasteiger partial charge in [0.25, 0.3) is 0 Å². The number of aliphatic hydroxyl groups is 21. The average Bonchev–Trinajstić information content (AvgIpc) is 1.20. The fourth-order valence-electron chi connectivity index (χ4n) is 10.9. The Kier molecular flexibility index (Phi) is 25.5. The fraction of sp³-hybridized carbons (Fsp3) is 0.863. The zero-order valence-corrected chi connectivity index (χ0v) is 46.7. The molecule has 0 unspecified atom stereocenters. The summed E-state index contributed by atoms with van der Waals surface area (Å²) in [6.07, 6.45) is -69.6. The quantitative estimate of drug-likeness (QED) is 0.0452. The lowest BCUT2D eigenvalue weighted by Crippen LogP contribution is -2.68.